The Balaban J connectivity index is 0.000000531. The van der Waals surface area contributed by atoms with Gasteiger partial charge >= 0.3 is 5.97 Å². The Morgan fingerprint density at radius 2 is 2.07 bits per heavy atom. The van der Waals surface area contributed by atoms with Crippen molar-refractivity contribution in [1.29, 1.82) is 0 Å². The maximum atomic E-state index is 10.5. The molecule has 0 aromatic carbocycles. The summed E-state index contributed by atoms with van der Waals surface area (Å²) in [4.78, 5) is 14.5. The number of aromatic nitrogens is 1. The summed E-state index contributed by atoms with van der Waals surface area (Å²) in [6.07, 6.45) is 3.23. The van der Waals surface area contributed by atoms with E-state index in [1.54, 1.807) is 6.07 Å². The number of carboxylic acid groups (broad SMARTS) is 1. The average Bonchev–Trinajstić information content (AvgIpc) is 3.01. The second kappa shape index (κ2) is 4.37. The van der Waals surface area contributed by atoms with Gasteiger partial charge in [-0.2, -0.15) is 0 Å². The van der Waals surface area contributed by atoms with Crippen molar-refractivity contribution in [2.45, 2.75) is 18.4 Å². The first-order valence-corrected chi connectivity index (χ1v) is 4.55. The minimum Gasteiger partial charge on any atom is -0.478 e. The van der Waals surface area contributed by atoms with Gasteiger partial charge in [-0.05, 0) is 25.0 Å². The Hall–Kier alpha value is -1.46. The molecule has 82 valence electrons. The molecule has 2 rings (SSSR count). The van der Waals surface area contributed by atoms with Crippen molar-refractivity contribution in [3.63, 3.8) is 0 Å². The lowest BCUT2D eigenvalue weighted by molar-refractivity contribution is 0.0696. The van der Waals surface area contributed by atoms with Crippen LogP contribution in [0, 0.1) is 0 Å². The van der Waals surface area contributed by atoms with Crippen LogP contribution >= 0.6 is 0 Å². The molecule has 0 saturated heterocycles. The molecule has 0 unspecified atom stereocenters. The van der Waals surface area contributed by atoms with Crippen molar-refractivity contribution >= 4 is 5.97 Å². The summed E-state index contributed by atoms with van der Waals surface area (Å²) < 4.78 is 0. The zero-order chi connectivity index (χ0) is 11.5. The number of carbonyl (C=O) groups is 1. The van der Waals surface area contributed by atoms with Crippen LogP contribution in [0.1, 0.15) is 28.9 Å². The predicted molar refractivity (Wildman–Crippen MR) is 54.4 cm³/mol. The highest BCUT2D eigenvalue weighted by molar-refractivity contribution is 5.87. The van der Waals surface area contributed by atoms with Crippen LogP contribution in [0.4, 0.5) is 0 Å². The third-order valence-corrected chi connectivity index (χ3v) is 2.31. The van der Waals surface area contributed by atoms with E-state index in [1.807, 2.05) is 0 Å². The average molecular weight is 210 g/mol. The van der Waals surface area contributed by atoms with Crippen molar-refractivity contribution < 1.29 is 15.0 Å². The molecule has 0 aliphatic heterocycles. The van der Waals surface area contributed by atoms with Gasteiger partial charge in [0.25, 0.3) is 0 Å². The quantitative estimate of drug-likeness (QED) is 0.654. The van der Waals surface area contributed by atoms with Crippen molar-refractivity contribution in [3.8, 4) is 0 Å². The number of hydrogen-bond donors (Lipinski definition) is 3. The van der Waals surface area contributed by atoms with Crippen molar-refractivity contribution in [2.75, 3.05) is 7.11 Å². The van der Waals surface area contributed by atoms with E-state index in [9.17, 15) is 4.79 Å². The molecule has 1 fully saturated rings. The zero-order valence-corrected chi connectivity index (χ0v) is 8.47. The highest BCUT2D eigenvalue weighted by atomic mass is 16.4. The van der Waals surface area contributed by atoms with Crippen molar-refractivity contribution in [3.05, 3.63) is 29.6 Å². The van der Waals surface area contributed by atoms with Gasteiger partial charge in [0, 0.05) is 13.3 Å². The largest absolute Gasteiger partial charge is 0.478 e. The number of aromatic carboxylic acids is 1. The number of rotatable bonds is 2. The van der Waals surface area contributed by atoms with Gasteiger partial charge in [0.05, 0.1) is 16.8 Å². The molecular formula is C10H14N2O3. The standard InChI is InChI=1S/C9H10N2O2.CH4O/c10-9(3-4-9)7-2-1-6(5-11-7)8(12)13;1-2/h1-2,5H,3-4,10H2,(H,12,13);2H,1H3. The van der Waals surface area contributed by atoms with Gasteiger partial charge in [-0.1, -0.05) is 0 Å². The second-order valence-electron chi connectivity index (χ2n) is 3.39. The van der Waals surface area contributed by atoms with Crippen LogP contribution in [0.3, 0.4) is 0 Å². The van der Waals surface area contributed by atoms with Crippen LogP contribution in [-0.4, -0.2) is 28.3 Å². The van der Waals surface area contributed by atoms with Gasteiger partial charge in [-0.3, -0.25) is 4.98 Å². The Labute approximate surface area is 87.6 Å². The highest BCUT2D eigenvalue weighted by Crippen LogP contribution is 2.41. The fourth-order valence-corrected chi connectivity index (χ4v) is 1.21. The second-order valence-corrected chi connectivity index (χ2v) is 3.39. The summed E-state index contributed by atoms with van der Waals surface area (Å²) >= 11 is 0. The molecule has 5 nitrogen and oxygen atoms in total. The highest BCUT2D eigenvalue weighted by Gasteiger charge is 2.41. The minimum atomic E-state index is -0.957. The van der Waals surface area contributed by atoms with Gasteiger partial charge in [0.2, 0.25) is 0 Å². The molecule has 0 bridgehead atoms. The van der Waals surface area contributed by atoms with Gasteiger partial charge in [0.15, 0.2) is 0 Å². The van der Waals surface area contributed by atoms with E-state index in [2.05, 4.69) is 4.98 Å². The molecule has 0 spiro atoms. The Morgan fingerprint density at radius 3 is 2.40 bits per heavy atom. The maximum absolute atomic E-state index is 10.5. The van der Waals surface area contributed by atoms with Crippen LogP contribution < -0.4 is 5.73 Å². The smallest absolute Gasteiger partial charge is 0.337 e. The maximum Gasteiger partial charge on any atom is 0.337 e. The summed E-state index contributed by atoms with van der Waals surface area (Å²) in [6, 6.07) is 3.23. The number of nitrogens with zero attached hydrogens (tertiary/aromatic N) is 1. The summed E-state index contributed by atoms with van der Waals surface area (Å²) in [5.74, 6) is -0.957. The molecule has 1 heterocycles. The monoisotopic (exact) mass is 210 g/mol. The topological polar surface area (TPSA) is 96.4 Å². The molecular weight excluding hydrogens is 196 g/mol. The van der Waals surface area contributed by atoms with Crippen molar-refractivity contribution in [1.82, 2.24) is 4.98 Å². The van der Waals surface area contributed by atoms with E-state index >= 15 is 0 Å². The molecule has 5 heteroatoms. The number of hydrogen-bond acceptors (Lipinski definition) is 4. The summed E-state index contributed by atoms with van der Waals surface area (Å²) in [5, 5.41) is 15.6. The first-order chi connectivity index (χ1) is 7.12. The molecule has 1 saturated carbocycles. The van der Waals surface area contributed by atoms with Crippen LogP contribution in [0.25, 0.3) is 0 Å². The molecule has 1 aromatic heterocycles. The Kier molecular flexibility index (Phi) is 3.39. The number of nitrogens with two attached hydrogens (primary N) is 1. The minimum absolute atomic E-state index is 0.202. The lowest BCUT2D eigenvalue weighted by atomic mass is 10.1. The van der Waals surface area contributed by atoms with Crippen molar-refractivity contribution in [2.24, 2.45) is 5.73 Å². The van der Waals surface area contributed by atoms with E-state index in [0.717, 1.165) is 25.6 Å². The first kappa shape index (κ1) is 11.6. The SMILES string of the molecule is CO.NC1(c2ccc(C(=O)O)cn2)CC1. The first-order valence-electron chi connectivity index (χ1n) is 4.55. The molecule has 1 aliphatic carbocycles. The number of carboxylic acids is 1. The Morgan fingerprint density at radius 1 is 1.47 bits per heavy atom. The third kappa shape index (κ3) is 2.51. The molecule has 0 radical (unpaired) electrons. The fraction of sp³-hybridized carbons (Fsp3) is 0.400. The predicted octanol–water partition coefficient (Wildman–Crippen LogP) is 0.336. The lowest BCUT2D eigenvalue weighted by Crippen LogP contribution is -2.20. The van der Waals surface area contributed by atoms with Gasteiger partial charge < -0.3 is 15.9 Å². The number of pyridine rings is 1. The summed E-state index contributed by atoms with van der Waals surface area (Å²) in [7, 11) is 1.00. The van der Waals surface area contributed by atoms with E-state index < -0.39 is 5.97 Å². The molecule has 4 N–H and O–H groups in total. The van der Waals surface area contributed by atoms with Gasteiger partial charge in [0.1, 0.15) is 0 Å². The van der Waals surface area contributed by atoms with E-state index in [4.69, 9.17) is 15.9 Å². The normalized spacial score (nSPS) is 16.2. The summed E-state index contributed by atoms with van der Waals surface area (Å²) in [6.45, 7) is 0. The lowest BCUT2D eigenvalue weighted by Gasteiger charge is -2.06. The van der Waals surface area contributed by atoms with Crippen LogP contribution in [0.5, 0.6) is 0 Å². The van der Waals surface area contributed by atoms with Gasteiger partial charge in [-0.15, -0.1) is 0 Å². The molecule has 15 heavy (non-hydrogen) atoms. The van der Waals surface area contributed by atoms with Crippen LogP contribution in [-0.2, 0) is 5.54 Å². The fourth-order valence-electron chi connectivity index (χ4n) is 1.21. The van der Waals surface area contributed by atoms with E-state index in [1.165, 1.54) is 12.3 Å². The Bertz CT molecular complexity index is 344. The van der Waals surface area contributed by atoms with Crippen LogP contribution in [0.15, 0.2) is 18.3 Å². The molecule has 1 aromatic rings. The molecule has 0 atom stereocenters. The van der Waals surface area contributed by atoms with E-state index in [-0.39, 0.29) is 11.1 Å². The summed E-state index contributed by atoms with van der Waals surface area (Å²) in [5.41, 5.74) is 6.59. The van der Waals surface area contributed by atoms with Gasteiger partial charge in [-0.25, -0.2) is 4.79 Å². The molecule has 1 aliphatic rings. The van der Waals surface area contributed by atoms with E-state index in [0.29, 0.717) is 0 Å². The van der Waals surface area contributed by atoms with Crippen LogP contribution in [0.2, 0.25) is 0 Å². The third-order valence-electron chi connectivity index (χ3n) is 2.31. The molecule has 0 amide bonds. The number of aliphatic hydroxyl groups excluding tert-OH is 1. The zero-order valence-electron chi connectivity index (χ0n) is 8.47. The number of aliphatic hydroxyl groups is 1.